The van der Waals surface area contributed by atoms with Crippen LogP contribution in [0.15, 0.2) is 24.5 Å². The van der Waals surface area contributed by atoms with Crippen LogP contribution in [0, 0.1) is 12.3 Å². The van der Waals surface area contributed by atoms with E-state index in [9.17, 15) is 14.3 Å². The molecule has 0 aliphatic carbocycles. The lowest BCUT2D eigenvalue weighted by Crippen LogP contribution is -2.38. The minimum absolute atomic E-state index is 0.0789. The van der Waals surface area contributed by atoms with Crippen molar-refractivity contribution < 1.29 is 19.0 Å². The number of hydrogen-bond donors (Lipinski definition) is 1. The predicted octanol–water partition coefficient (Wildman–Crippen LogP) is 4.83. The molecule has 168 valence electrons. The lowest BCUT2D eigenvalue weighted by Gasteiger charge is -2.40. The van der Waals surface area contributed by atoms with Gasteiger partial charge in [0.2, 0.25) is 0 Å². The average Bonchev–Trinajstić information content (AvgIpc) is 2.70. The number of hydrogen-bond acceptors (Lipinski definition) is 5. The standard InChI is InChI=1S/C24H32FN3O3/c1-16(25)7-12-31-18-5-6-21(27-14-18)20-15-26-17(2)19(13-22(29)30)23(20)28-10-8-24(3,4)9-11-28/h5-6,14-16H,7-13H2,1-4H3,(H,29,30). The number of aliphatic carboxylic acids is 1. The number of aryl methyl sites for hydroxylation is 1. The van der Waals surface area contributed by atoms with E-state index < -0.39 is 12.1 Å². The Morgan fingerprint density at radius 3 is 2.55 bits per heavy atom. The number of carboxylic acids is 1. The Morgan fingerprint density at radius 1 is 1.26 bits per heavy atom. The van der Waals surface area contributed by atoms with E-state index >= 15 is 0 Å². The molecule has 0 bridgehead atoms. The summed E-state index contributed by atoms with van der Waals surface area (Å²) in [6, 6.07) is 3.66. The molecule has 3 rings (SSSR count). The third kappa shape index (κ3) is 5.93. The Balaban J connectivity index is 1.95. The largest absolute Gasteiger partial charge is 0.492 e. The number of aromatic nitrogens is 2. The molecular formula is C24H32FN3O3. The molecule has 1 unspecified atom stereocenters. The molecule has 7 heteroatoms. The number of nitrogens with zero attached hydrogens (tertiary/aromatic N) is 3. The molecule has 1 atom stereocenters. The first-order chi connectivity index (χ1) is 14.7. The van der Waals surface area contributed by atoms with E-state index in [-0.39, 0.29) is 11.8 Å². The molecular weight excluding hydrogens is 397 g/mol. The summed E-state index contributed by atoms with van der Waals surface area (Å²) in [5.41, 5.74) is 4.20. The second-order valence-corrected chi connectivity index (χ2v) is 9.10. The molecule has 1 aliphatic rings. The van der Waals surface area contributed by atoms with Crippen LogP contribution < -0.4 is 9.64 Å². The van der Waals surface area contributed by atoms with E-state index in [2.05, 4.69) is 28.7 Å². The number of pyridine rings is 2. The van der Waals surface area contributed by atoms with Crippen LogP contribution in [0.5, 0.6) is 5.75 Å². The number of ether oxygens (including phenoxy) is 1. The van der Waals surface area contributed by atoms with Crippen molar-refractivity contribution in [2.75, 3.05) is 24.6 Å². The van der Waals surface area contributed by atoms with E-state index in [1.165, 1.54) is 6.92 Å². The number of piperidine rings is 1. The van der Waals surface area contributed by atoms with E-state index in [1.807, 2.05) is 19.1 Å². The number of anilines is 1. The summed E-state index contributed by atoms with van der Waals surface area (Å²) in [6.45, 7) is 9.92. The van der Waals surface area contributed by atoms with Crippen LogP contribution in [0.3, 0.4) is 0 Å². The number of carbonyl (C=O) groups is 1. The van der Waals surface area contributed by atoms with Gasteiger partial charge in [0.1, 0.15) is 11.9 Å². The van der Waals surface area contributed by atoms with Crippen molar-refractivity contribution in [1.82, 2.24) is 9.97 Å². The van der Waals surface area contributed by atoms with Gasteiger partial charge in [-0.2, -0.15) is 0 Å². The highest BCUT2D eigenvalue weighted by Crippen LogP contribution is 2.39. The fraction of sp³-hybridized carbons (Fsp3) is 0.542. The molecule has 1 fully saturated rings. The van der Waals surface area contributed by atoms with Gasteiger partial charge in [0.25, 0.3) is 0 Å². The lowest BCUT2D eigenvalue weighted by atomic mass is 9.82. The highest BCUT2D eigenvalue weighted by atomic mass is 19.1. The van der Waals surface area contributed by atoms with Gasteiger partial charge in [-0.1, -0.05) is 13.8 Å². The molecule has 0 saturated carbocycles. The zero-order chi connectivity index (χ0) is 22.6. The van der Waals surface area contributed by atoms with Gasteiger partial charge in [-0.3, -0.25) is 14.8 Å². The van der Waals surface area contributed by atoms with Crippen molar-refractivity contribution in [2.24, 2.45) is 5.41 Å². The summed E-state index contributed by atoms with van der Waals surface area (Å²) in [7, 11) is 0. The molecule has 0 amide bonds. The zero-order valence-electron chi connectivity index (χ0n) is 18.8. The Hall–Kier alpha value is -2.70. The van der Waals surface area contributed by atoms with Gasteiger partial charge in [-0.25, -0.2) is 4.39 Å². The summed E-state index contributed by atoms with van der Waals surface area (Å²) < 4.78 is 18.5. The van der Waals surface area contributed by atoms with Crippen LogP contribution in [0.2, 0.25) is 0 Å². The van der Waals surface area contributed by atoms with Gasteiger partial charge in [-0.15, -0.1) is 0 Å². The molecule has 1 N–H and O–H groups in total. The highest BCUT2D eigenvalue weighted by Gasteiger charge is 2.29. The van der Waals surface area contributed by atoms with Gasteiger partial charge in [-0.05, 0) is 44.2 Å². The van der Waals surface area contributed by atoms with Gasteiger partial charge in [0, 0.05) is 42.5 Å². The van der Waals surface area contributed by atoms with Crippen molar-refractivity contribution in [3.8, 4) is 17.0 Å². The molecule has 1 saturated heterocycles. The summed E-state index contributed by atoms with van der Waals surface area (Å²) >= 11 is 0. The molecule has 1 aliphatic heterocycles. The Kier molecular flexibility index (Phi) is 7.13. The minimum atomic E-state index is -0.907. The summed E-state index contributed by atoms with van der Waals surface area (Å²) in [5, 5.41) is 9.51. The first-order valence-electron chi connectivity index (χ1n) is 10.8. The molecule has 3 heterocycles. The van der Waals surface area contributed by atoms with Gasteiger partial charge < -0.3 is 14.7 Å². The maximum absolute atomic E-state index is 13.0. The normalized spacial score (nSPS) is 16.7. The maximum atomic E-state index is 13.0. The lowest BCUT2D eigenvalue weighted by molar-refractivity contribution is -0.136. The van der Waals surface area contributed by atoms with E-state index in [1.54, 1.807) is 12.4 Å². The molecule has 2 aromatic rings. The topological polar surface area (TPSA) is 75.6 Å². The predicted molar refractivity (Wildman–Crippen MR) is 119 cm³/mol. The monoisotopic (exact) mass is 429 g/mol. The molecule has 31 heavy (non-hydrogen) atoms. The maximum Gasteiger partial charge on any atom is 0.307 e. The van der Waals surface area contributed by atoms with Crippen molar-refractivity contribution in [3.05, 3.63) is 35.8 Å². The Labute approximate surface area is 183 Å². The van der Waals surface area contributed by atoms with Gasteiger partial charge in [0.15, 0.2) is 0 Å². The van der Waals surface area contributed by atoms with Crippen LogP contribution in [0.4, 0.5) is 10.1 Å². The zero-order valence-corrected chi connectivity index (χ0v) is 18.8. The second-order valence-electron chi connectivity index (χ2n) is 9.10. The molecule has 0 radical (unpaired) electrons. The van der Waals surface area contributed by atoms with E-state index in [0.29, 0.717) is 24.5 Å². The second kappa shape index (κ2) is 9.62. The Morgan fingerprint density at radius 2 is 1.97 bits per heavy atom. The fourth-order valence-electron chi connectivity index (χ4n) is 3.85. The van der Waals surface area contributed by atoms with Gasteiger partial charge >= 0.3 is 5.97 Å². The van der Waals surface area contributed by atoms with Crippen LogP contribution in [-0.2, 0) is 11.2 Å². The van der Waals surface area contributed by atoms with Crippen molar-refractivity contribution in [1.29, 1.82) is 0 Å². The third-order valence-electron chi connectivity index (χ3n) is 5.92. The summed E-state index contributed by atoms with van der Waals surface area (Å²) in [5.74, 6) is -0.295. The number of halogens is 1. The first kappa shape index (κ1) is 23.0. The van der Waals surface area contributed by atoms with Crippen molar-refractivity contribution >= 4 is 11.7 Å². The minimum Gasteiger partial charge on any atom is -0.492 e. The summed E-state index contributed by atoms with van der Waals surface area (Å²) in [6.07, 6.45) is 4.82. The molecule has 6 nitrogen and oxygen atoms in total. The fourth-order valence-corrected chi connectivity index (χ4v) is 3.85. The number of rotatable bonds is 8. The molecule has 0 aromatic carbocycles. The molecule has 2 aromatic heterocycles. The van der Waals surface area contributed by atoms with Crippen LogP contribution in [0.25, 0.3) is 11.3 Å². The van der Waals surface area contributed by atoms with E-state index in [4.69, 9.17) is 4.74 Å². The smallest absolute Gasteiger partial charge is 0.307 e. The van der Waals surface area contributed by atoms with E-state index in [0.717, 1.165) is 48.4 Å². The van der Waals surface area contributed by atoms with Gasteiger partial charge in [0.05, 0.1) is 30.6 Å². The van der Waals surface area contributed by atoms with Crippen LogP contribution in [-0.4, -0.2) is 46.9 Å². The molecule has 0 spiro atoms. The first-order valence-corrected chi connectivity index (χ1v) is 10.8. The SMILES string of the molecule is Cc1ncc(-c2ccc(OCCC(C)F)cn2)c(N2CCC(C)(C)CC2)c1CC(=O)O. The van der Waals surface area contributed by atoms with Crippen molar-refractivity contribution in [3.63, 3.8) is 0 Å². The van der Waals surface area contributed by atoms with Crippen LogP contribution >= 0.6 is 0 Å². The average molecular weight is 430 g/mol. The summed E-state index contributed by atoms with van der Waals surface area (Å²) in [4.78, 5) is 22.9. The van der Waals surface area contributed by atoms with Crippen LogP contribution in [0.1, 0.15) is 51.3 Å². The van der Waals surface area contributed by atoms with Crippen molar-refractivity contribution in [2.45, 2.75) is 59.5 Å². The Bertz CT molecular complexity index is 903. The quantitative estimate of drug-likeness (QED) is 0.648. The number of alkyl halides is 1. The highest BCUT2D eigenvalue weighted by molar-refractivity contribution is 5.83. The number of carboxylic acid groups (broad SMARTS) is 1. The third-order valence-corrected chi connectivity index (χ3v) is 5.92.